The third-order valence-electron chi connectivity index (χ3n) is 5.42. The van der Waals surface area contributed by atoms with Crippen molar-refractivity contribution in [3.05, 3.63) is 65.2 Å². The standard InChI is InChI=1S/C24H32N2O5S/c1-3-25-24(29)26-20-10-8-19(9-11-20)23-30-21(15-32-13-12-27)16(2)22(31-23)18-6-4-17(14-28)5-7-18/h4-11,16,21-23,27-28H,3,12-15H2,1-2H3,(H2,25,26,29)/t16-,21+,22+,23+/m1/s1. The van der Waals surface area contributed by atoms with Crippen LogP contribution in [0.5, 0.6) is 0 Å². The number of hydrogen-bond donors (Lipinski definition) is 4. The monoisotopic (exact) mass is 460 g/mol. The molecular weight excluding hydrogens is 428 g/mol. The zero-order valence-electron chi connectivity index (χ0n) is 18.5. The maximum Gasteiger partial charge on any atom is 0.319 e. The number of carbonyl (C=O) groups excluding carboxylic acids is 1. The maximum atomic E-state index is 11.7. The van der Waals surface area contributed by atoms with E-state index in [9.17, 15) is 9.90 Å². The molecule has 0 bridgehead atoms. The summed E-state index contributed by atoms with van der Waals surface area (Å²) in [5.74, 6) is 1.52. The highest BCUT2D eigenvalue weighted by atomic mass is 32.2. The van der Waals surface area contributed by atoms with Gasteiger partial charge in [0.05, 0.1) is 25.4 Å². The first-order valence-electron chi connectivity index (χ1n) is 10.9. The second kappa shape index (κ2) is 12.2. The fraction of sp³-hybridized carbons (Fsp3) is 0.458. The smallest absolute Gasteiger partial charge is 0.319 e. The van der Waals surface area contributed by atoms with Gasteiger partial charge in [-0.2, -0.15) is 11.8 Å². The van der Waals surface area contributed by atoms with Crippen LogP contribution in [-0.2, 0) is 16.1 Å². The number of anilines is 1. The van der Waals surface area contributed by atoms with Crippen molar-refractivity contribution in [3.63, 3.8) is 0 Å². The number of thioether (sulfide) groups is 1. The van der Waals surface area contributed by atoms with Crippen LogP contribution in [0, 0.1) is 5.92 Å². The summed E-state index contributed by atoms with van der Waals surface area (Å²) in [5.41, 5.74) is 3.45. The Hall–Kier alpha value is -2.10. The molecule has 1 heterocycles. The molecule has 1 fully saturated rings. The SMILES string of the molecule is CCNC(=O)Nc1ccc([C@H]2O[C@@H](CSCCO)[C@@H](C)[C@@H](c3ccc(CO)cc3)O2)cc1. The van der Waals surface area contributed by atoms with E-state index in [0.29, 0.717) is 18.0 Å². The molecule has 0 aromatic heterocycles. The average molecular weight is 461 g/mol. The number of nitrogens with one attached hydrogen (secondary N) is 2. The third-order valence-corrected chi connectivity index (χ3v) is 6.45. The molecule has 2 amide bonds. The van der Waals surface area contributed by atoms with Crippen molar-refractivity contribution < 1.29 is 24.5 Å². The quantitative estimate of drug-likeness (QED) is 0.425. The summed E-state index contributed by atoms with van der Waals surface area (Å²) >= 11 is 1.66. The van der Waals surface area contributed by atoms with Crippen molar-refractivity contribution in [3.8, 4) is 0 Å². The van der Waals surface area contributed by atoms with Gasteiger partial charge in [0.25, 0.3) is 0 Å². The Morgan fingerprint density at radius 3 is 2.34 bits per heavy atom. The predicted molar refractivity (Wildman–Crippen MR) is 127 cm³/mol. The molecule has 2 aromatic carbocycles. The number of ether oxygens (including phenoxy) is 2. The lowest BCUT2D eigenvalue weighted by atomic mass is 9.91. The third kappa shape index (κ3) is 6.46. The minimum absolute atomic E-state index is 0.00415. The van der Waals surface area contributed by atoms with Crippen LogP contribution in [0.4, 0.5) is 10.5 Å². The van der Waals surface area contributed by atoms with Crippen LogP contribution >= 0.6 is 11.8 Å². The first-order chi connectivity index (χ1) is 15.5. The Balaban J connectivity index is 1.78. The van der Waals surface area contributed by atoms with Crippen LogP contribution in [0.3, 0.4) is 0 Å². The second-order valence-corrected chi connectivity index (χ2v) is 8.88. The first kappa shape index (κ1) is 24.5. The lowest BCUT2D eigenvalue weighted by molar-refractivity contribution is -0.268. The van der Waals surface area contributed by atoms with Crippen LogP contribution in [0.15, 0.2) is 48.5 Å². The number of hydrogen-bond acceptors (Lipinski definition) is 6. The van der Waals surface area contributed by atoms with Crippen LogP contribution in [-0.4, -0.2) is 47.0 Å². The highest BCUT2D eigenvalue weighted by Crippen LogP contribution is 2.42. The minimum Gasteiger partial charge on any atom is -0.396 e. The molecule has 0 saturated carbocycles. The first-order valence-corrected chi connectivity index (χ1v) is 12.0. The van der Waals surface area contributed by atoms with Gasteiger partial charge in [0.2, 0.25) is 0 Å². The molecule has 174 valence electrons. The van der Waals surface area contributed by atoms with Gasteiger partial charge in [0.1, 0.15) is 0 Å². The number of carbonyl (C=O) groups is 1. The summed E-state index contributed by atoms with van der Waals surface area (Å²) in [7, 11) is 0. The summed E-state index contributed by atoms with van der Waals surface area (Å²) in [4.78, 5) is 11.7. The normalized spacial score (nSPS) is 23.0. The summed E-state index contributed by atoms with van der Waals surface area (Å²) in [6.45, 7) is 4.68. The molecular formula is C24H32N2O5S. The molecule has 4 N–H and O–H groups in total. The molecule has 32 heavy (non-hydrogen) atoms. The Labute approximate surface area is 193 Å². The highest BCUT2D eigenvalue weighted by molar-refractivity contribution is 7.99. The number of amides is 2. The van der Waals surface area contributed by atoms with Crippen LogP contribution in [0.1, 0.15) is 42.9 Å². The van der Waals surface area contributed by atoms with Gasteiger partial charge in [-0.25, -0.2) is 4.79 Å². The molecule has 1 aliphatic heterocycles. The molecule has 1 saturated heterocycles. The van der Waals surface area contributed by atoms with E-state index in [1.54, 1.807) is 11.8 Å². The highest BCUT2D eigenvalue weighted by Gasteiger charge is 2.38. The number of aliphatic hydroxyl groups excluding tert-OH is 2. The van der Waals surface area contributed by atoms with Gasteiger partial charge in [0, 0.05) is 35.2 Å². The second-order valence-electron chi connectivity index (χ2n) is 7.73. The lowest BCUT2D eigenvalue weighted by Gasteiger charge is -2.41. The van der Waals surface area contributed by atoms with Crippen molar-refractivity contribution in [2.24, 2.45) is 5.92 Å². The van der Waals surface area contributed by atoms with E-state index >= 15 is 0 Å². The molecule has 3 rings (SSSR count). The van der Waals surface area contributed by atoms with Gasteiger partial charge >= 0.3 is 6.03 Å². The Morgan fingerprint density at radius 1 is 1.03 bits per heavy atom. The molecule has 0 unspecified atom stereocenters. The van der Waals surface area contributed by atoms with Crippen molar-refractivity contribution in [2.75, 3.05) is 30.0 Å². The molecule has 0 spiro atoms. The zero-order valence-corrected chi connectivity index (χ0v) is 19.3. The minimum atomic E-state index is -0.549. The van der Waals surface area contributed by atoms with Gasteiger partial charge in [-0.1, -0.05) is 43.3 Å². The molecule has 4 atom stereocenters. The number of rotatable bonds is 9. The molecule has 1 aliphatic rings. The zero-order chi connectivity index (χ0) is 22.9. The van der Waals surface area contributed by atoms with E-state index in [0.717, 1.165) is 22.4 Å². The van der Waals surface area contributed by atoms with E-state index in [1.807, 2.05) is 55.5 Å². The van der Waals surface area contributed by atoms with Crippen molar-refractivity contribution in [2.45, 2.75) is 39.0 Å². The van der Waals surface area contributed by atoms with Crippen LogP contribution in [0.25, 0.3) is 0 Å². The van der Waals surface area contributed by atoms with Crippen molar-refractivity contribution in [1.29, 1.82) is 0 Å². The topological polar surface area (TPSA) is 100 Å². The van der Waals surface area contributed by atoms with Crippen LogP contribution < -0.4 is 10.6 Å². The number of benzene rings is 2. The largest absolute Gasteiger partial charge is 0.396 e. The molecule has 0 radical (unpaired) electrons. The summed E-state index contributed by atoms with van der Waals surface area (Å²) in [6, 6.07) is 15.0. The van der Waals surface area contributed by atoms with Gasteiger partial charge in [0.15, 0.2) is 6.29 Å². The van der Waals surface area contributed by atoms with Gasteiger partial charge < -0.3 is 30.3 Å². The maximum absolute atomic E-state index is 11.7. The van der Waals surface area contributed by atoms with Crippen molar-refractivity contribution >= 4 is 23.5 Å². The fourth-order valence-electron chi connectivity index (χ4n) is 3.63. The van der Waals surface area contributed by atoms with E-state index in [4.69, 9.17) is 14.6 Å². The average Bonchev–Trinajstić information content (AvgIpc) is 2.81. The van der Waals surface area contributed by atoms with Crippen molar-refractivity contribution in [1.82, 2.24) is 5.32 Å². The Morgan fingerprint density at radius 2 is 1.72 bits per heavy atom. The van der Waals surface area contributed by atoms with Gasteiger partial charge in [-0.3, -0.25) is 0 Å². The summed E-state index contributed by atoms with van der Waals surface area (Å²) in [6.07, 6.45) is -0.776. The summed E-state index contributed by atoms with van der Waals surface area (Å²) < 4.78 is 12.7. The van der Waals surface area contributed by atoms with E-state index < -0.39 is 6.29 Å². The van der Waals surface area contributed by atoms with Crippen LogP contribution in [0.2, 0.25) is 0 Å². The van der Waals surface area contributed by atoms with E-state index in [-0.39, 0.29) is 37.4 Å². The number of aliphatic hydroxyl groups is 2. The number of urea groups is 1. The summed E-state index contributed by atoms with van der Waals surface area (Å²) in [5, 5.41) is 24.0. The van der Waals surface area contributed by atoms with E-state index in [1.165, 1.54) is 0 Å². The molecule has 7 nitrogen and oxygen atoms in total. The Bertz CT molecular complexity index is 846. The molecule has 0 aliphatic carbocycles. The molecule has 8 heteroatoms. The lowest BCUT2D eigenvalue weighted by Crippen LogP contribution is -2.38. The molecule has 2 aromatic rings. The predicted octanol–water partition coefficient (Wildman–Crippen LogP) is 3.84. The van der Waals surface area contributed by atoms with E-state index in [2.05, 4.69) is 17.6 Å². The Kier molecular flexibility index (Phi) is 9.37. The fourth-order valence-corrected chi connectivity index (χ4v) is 4.54. The van der Waals surface area contributed by atoms with Gasteiger partial charge in [-0.05, 0) is 30.2 Å². The van der Waals surface area contributed by atoms with Gasteiger partial charge in [-0.15, -0.1) is 0 Å².